The minimum Gasteiger partial charge on any atom is -0.354 e. The maximum absolute atomic E-state index is 11.3. The molecule has 1 rings (SSSR count). The third-order valence-corrected chi connectivity index (χ3v) is 2.91. The summed E-state index contributed by atoms with van der Waals surface area (Å²) in [6.45, 7) is 6.76. The zero-order valence-corrected chi connectivity index (χ0v) is 9.10. The molecule has 1 aliphatic rings. The van der Waals surface area contributed by atoms with Crippen LogP contribution in [0.15, 0.2) is 0 Å². The van der Waals surface area contributed by atoms with E-state index in [2.05, 4.69) is 17.6 Å². The molecule has 1 amide bonds. The van der Waals surface area contributed by atoms with Crippen molar-refractivity contribution in [2.75, 3.05) is 19.6 Å². The van der Waals surface area contributed by atoms with E-state index in [-0.39, 0.29) is 11.3 Å². The molecular formula is C10H21N3O. The first kappa shape index (κ1) is 11.5. The van der Waals surface area contributed by atoms with Crippen LogP contribution < -0.4 is 16.4 Å². The van der Waals surface area contributed by atoms with Crippen LogP contribution in [0, 0.1) is 5.41 Å². The third-order valence-electron chi connectivity index (χ3n) is 2.91. The molecule has 4 nitrogen and oxygen atoms in total. The van der Waals surface area contributed by atoms with Gasteiger partial charge in [0, 0.05) is 6.54 Å². The molecule has 4 heteroatoms. The molecule has 14 heavy (non-hydrogen) atoms. The normalized spacial score (nSPS) is 22.8. The minimum atomic E-state index is -0.402. The lowest BCUT2D eigenvalue weighted by molar-refractivity contribution is -0.122. The fraction of sp³-hybridized carbons (Fsp3) is 0.900. The van der Waals surface area contributed by atoms with E-state index in [1.165, 1.54) is 0 Å². The van der Waals surface area contributed by atoms with Crippen molar-refractivity contribution in [2.45, 2.75) is 32.7 Å². The Morgan fingerprint density at radius 3 is 2.64 bits per heavy atom. The lowest BCUT2D eigenvalue weighted by Gasteiger charge is -2.34. The number of piperidine rings is 1. The Morgan fingerprint density at radius 1 is 1.57 bits per heavy atom. The second-order valence-electron chi connectivity index (χ2n) is 4.57. The molecule has 1 saturated heterocycles. The van der Waals surface area contributed by atoms with Gasteiger partial charge in [0.05, 0.1) is 6.04 Å². The van der Waals surface area contributed by atoms with Gasteiger partial charge in [-0.3, -0.25) is 4.79 Å². The largest absolute Gasteiger partial charge is 0.354 e. The lowest BCUT2D eigenvalue weighted by atomic mass is 9.81. The Kier molecular flexibility index (Phi) is 3.89. The number of amides is 1. The average Bonchev–Trinajstić information content (AvgIpc) is 2.15. The highest BCUT2D eigenvalue weighted by Gasteiger charge is 2.27. The summed E-state index contributed by atoms with van der Waals surface area (Å²) < 4.78 is 0. The summed E-state index contributed by atoms with van der Waals surface area (Å²) in [5.41, 5.74) is 5.72. The molecular weight excluding hydrogens is 178 g/mol. The van der Waals surface area contributed by atoms with Crippen LogP contribution in [0.4, 0.5) is 0 Å². The summed E-state index contributed by atoms with van der Waals surface area (Å²) in [7, 11) is 0. The molecule has 82 valence electrons. The van der Waals surface area contributed by atoms with Crippen LogP contribution in [0.5, 0.6) is 0 Å². The van der Waals surface area contributed by atoms with Crippen LogP contribution in [0.25, 0.3) is 0 Å². The number of rotatable bonds is 3. The standard InChI is InChI=1S/C10H21N3O/c1-8(11)9(14)13-7-10(2)3-5-12-6-4-10/h8,12H,3-7,11H2,1-2H3,(H,13,14)/t8-/m1/s1. The van der Waals surface area contributed by atoms with Crippen molar-refractivity contribution in [3.8, 4) is 0 Å². The van der Waals surface area contributed by atoms with E-state index in [4.69, 9.17) is 5.73 Å². The molecule has 0 aromatic rings. The summed E-state index contributed by atoms with van der Waals surface area (Å²) in [5.74, 6) is -0.0512. The van der Waals surface area contributed by atoms with Crippen molar-refractivity contribution in [3.05, 3.63) is 0 Å². The molecule has 0 saturated carbocycles. The molecule has 1 aliphatic heterocycles. The summed E-state index contributed by atoms with van der Waals surface area (Å²) >= 11 is 0. The van der Waals surface area contributed by atoms with E-state index >= 15 is 0 Å². The highest BCUT2D eigenvalue weighted by atomic mass is 16.2. The Morgan fingerprint density at radius 2 is 2.14 bits per heavy atom. The van der Waals surface area contributed by atoms with Gasteiger partial charge in [-0.25, -0.2) is 0 Å². The first-order valence-corrected chi connectivity index (χ1v) is 5.27. The molecule has 0 bridgehead atoms. The smallest absolute Gasteiger partial charge is 0.236 e. The van der Waals surface area contributed by atoms with Crippen molar-refractivity contribution >= 4 is 5.91 Å². The number of carbonyl (C=O) groups is 1. The van der Waals surface area contributed by atoms with Crippen molar-refractivity contribution in [1.82, 2.24) is 10.6 Å². The SMILES string of the molecule is C[C@@H](N)C(=O)NCC1(C)CCNCC1. The second-order valence-corrected chi connectivity index (χ2v) is 4.57. The topological polar surface area (TPSA) is 67.2 Å². The number of nitrogens with two attached hydrogens (primary N) is 1. The van der Waals surface area contributed by atoms with E-state index in [0.717, 1.165) is 32.5 Å². The van der Waals surface area contributed by atoms with Crippen molar-refractivity contribution in [2.24, 2.45) is 11.1 Å². The van der Waals surface area contributed by atoms with Gasteiger partial charge < -0.3 is 16.4 Å². The average molecular weight is 199 g/mol. The number of hydrogen-bond donors (Lipinski definition) is 3. The van der Waals surface area contributed by atoms with Gasteiger partial charge in [0.2, 0.25) is 5.91 Å². The van der Waals surface area contributed by atoms with Crippen molar-refractivity contribution < 1.29 is 4.79 Å². The van der Waals surface area contributed by atoms with Crippen LogP contribution in [-0.4, -0.2) is 31.6 Å². The molecule has 0 aliphatic carbocycles. The van der Waals surface area contributed by atoms with E-state index < -0.39 is 6.04 Å². The summed E-state index contributed by atoms with van der Waals surface area (Å²) in [6, 6.07) is -0.402. The van der Waals surface area contributed by atoms with Crippen LogP contribution in [0.3, 0.4) is 0 Å². The Balaban J connectivity index is 2.32. The Labute approximate surface area is 85.6 Å². The van der Waals surface area contributed by atoms with E-state index in [1.54, 1.807) is 6.92 Å². The summed E-state index contributed by atoms with van der Waals surface area (Å²) in [4.78, 5) is 11.3. The van der Waals surface area contributed by atoms with Gasteiger partial charge in [-0.05, 0) is 38.3 Å². The number of nitrogens with one attached hydrogen (secondary N) is 2. The number of hydrogen-bond acceptors (Lipinski definition) is 3. The third kappa shape index (κ3) is 3.27. The fourth-order valence-electron chi connectivity index (χ4n) is 1.67. The van der Waals surface area contributed by atoms with Gasteiger partial charge in [-0.15, -0.1) is 0 Å². The molecule has 0 radical (unpaired) electrons. The minimum absolute atomic E-state index is 0.0512. The van der Waals surface area contributed by atoms with E-state index in [9.17, 15) is 4.79 Å². The van der Waals surface area contributed by atoms with Crippen molar-refractivity contribution in [1.29, 1.82) is 0 Å². The Bertz CT molecular complexity index is 198. The quantitative estimate of drug-likeness (QED) is 0.591. The summed E-state index contributed by atoms with van der Waals surface area (Å²) in [5, 5.41) is 6.21. The first-order valence-electron chi connectivity index (χ1n) is 5.27. The predicted molar refractivity (Wildman–Crippen MR) is 56.9 cm³/mol. The van der Waals surface area contributed by atoms with Gasteiger partial charge >= 0.3 is 0 Å². The maximum Gasteiger partial charge on any atom is 0.236 e. The zero-order chi connectivity index (χ0) is 10.6. The molecule has 4 N–H and O–H groups in total. The van der Waals surface area contributed by atoms with Gasteiger partial charge in [0.1, 0.15) is 0 Å². The zero-order valence-electron chi connectivity index (χ0n) is 9.10. The molecule has 0 spiro atoms. The monoisotopic (exact) mass is 199 g/mol. The Hall–Kier alpha value is -0.610. The van der Waals surface area contributed by atoms with Gasteiger partial charge in [-0.1, -0.05) is 6.92 Å². The van der Waals surface area contributed by atoms with Gasteiger partial charge in [-0.2, -0.15) is 0 Å². The van der Waals surface area contributed by atoms with Crippen LogP contribution in [-0.2, 0) is 4.79 Å². The summed E-state index contributed by atoms with van der Waals surface area (Å²) in [6.07, 6.45) is 2.23. The molecule has 1 fully saturated rings. The van der Waals surface area contributed by atoms with Crippen LogP contribution in [0.1, 0.15) is 26.7 Å². The second kappa shape index (κ2) is 4.75. The highest BCUT2D eigenvalue weighted by molar-refractivity contribution is 5.80. The molecule has 1 heterocycles. The highest BCUT2D eigenvalue weighted by Crippen LogP contribution is 2.26. The first-order chi connectivity index (χ1) is 6.53. The van der Waals surface area contributed by atoms with Gasteiger partial charge in [0.15, 0.2) is 0 Å². The number of carbonyl (C=O) groups excluding carboxylic acids is 1. The maximum atomic E-state index is 11.3. The predicted octanol–water partition coefficient (Wildman–Crippen LogP) is -0.161. The molecule has 0 unspecified atom stereocenters. The van der Waals surface area contributed by atoms with Crippen molar-refractivity contribution in [3.63, 3.8) is 0 Å². The molecule has 1 atom stereocenters. The molecule has 0 aromatic carbocycles. The van der Waals surface area contributed by atoms with E-state index in [1.807, 2.05) is 0 Å². The lowest BCUT2D eigenvalue weighted by Crippen LogP contribution is -2.46. The van der Waals surface area contributed by atoms with E-state index in [0.29, 0.717) is 0 Å². The fourth-order valence-corrected chi connectivity index (χ4v) is 1.67. The van der Waals surface area contributed by atoms with Crippen LogP contribution in [0.2, 0.25) is 0 Å². The van der Waals surface area contributed by atoms with Crippen LogP contribution >= 0.6 is 0 Å². The van der Waals surface area contributed by atoms with Gasteiger partial charge in [0.25, 0.3) is 0 Å². The molecule has 0 aromatic heterocycles.